The molecule has 1 aromatic heterocycles. The van der Waals surface area contributed by atoms with Gasteiger partial charge in [-0.1, -0.05) is 18.2 Å². The van der Waals surface area contributed by atoms with Crippen LogP contribution in [0.5, 0.6) is 0 Å². The lowest BCUT2D eigenvalue weighted by molar-refractivity contribution is 0.405. The monoisotopic (exact) mass is 245 g/mol. The van der Waals surface area contributed by atoms with Crippen LogP contribution < -0.4 is 10.9 Å². The van der Waals surface area contributed by atoms with E-state index in [1.807, 2.05) is 30.3 Å². The maximum Gasteiger partial charge on any atom is 0.257 e. The van der Waals surface area contributed by atoms with E-state index in [2.05, 4.69) is 29.3 Å². The Labute approximate surface area is 107 Å². The van der Waals surface area contributed by atoms with Crippen LogP contribution in [0, 0.1) is 0 Å². The number of benzene rings is 1. The lowest BCUT2D eigenvalue weighted by atomic mass is 10.2. The third-order valence-electron chi connectivity index (χ3n) is 2.85. The molecule has 4 nitrogen and oxygen atoms in total. The van der Waals surface area contributed by atoms with Gasteiger partial charge in [-0.3, -0.25) is 4.79 Å². The SMILES string of the molecule is CN(C)CCCNc1cc2ccccc2c(=O)[nH]1. The zero-order valence-electron chi connectivity index (χ0n) is 10.9. The highest BCUT2D eigenvalue weighted by atomic mass is 16.1. The summed E-state index contributed by atoms with van der Waals surface area (Å²) < 4.78 is 0. The number of nitrogens with zero attached hydrogens (tertiary/aromatic N) is 1. The standard InChI is InChI=1S/C14H19N3O/c1-17(2)9-5-8-15-13-10-11-6-3-4-7-12(11)14(18)16-13/h3-4,6-7,10H,5,8-9H2,1-2H3,(H2,15,16,18). The molecular weight excluding hydrogens is 226 g/mol. The zero-order valence-corrected chi connectivity index (χ0v) is 10.9. The Morgan fingerprint density at radius 1 is 1.28 bits per heavy atom. The molecule has 18 heavy (non-hydrogen) atoms. The quantitative estimate of drug-likeness (QED) is 0.791. The van der Waals surface area contributed by atoms with Crippen molar-refractivity contribution in [3.05, 3.63) is 40.7 Å². The fraction of sp³-hybridized carbons (Fsp3) is 0.357. The molecule has 1 aromatic carbocycles. The van der Waals surface area contributed by atoms with Crippen LogP contribution in [0.15, 0.2) is 35.1 Å². The molecule has 0 saturated heterocycles. The third-order valence-corrected chi connectivity index (χ3v) is 2.85. The van der Waals surface area contributed by atoms with Crippen LogP contribution in [0.4, 0.5) is 5.82 Å². The highest BCUT2D eigenvalue weighted by Crippen LogP contribution is 2.12. The van der Waals surface area contributed by atoms with E-state index in [1.165, 1.54) is 0 Å². The number of hydrogen-bond donors (Lipinski definition) is 2. The lowest BCUT2D eigenvalue weighted by Gasteiger charge is -2.10. The number of rotatable bonds is 5. The van der Waals surface area contributed by atoms with Gasteiger partial charge >= 0.3 is 0 Å². The molecule has 0 spiro atoms. The molecule has 0 aliphatic carbocycles. The van der Waals surface area contributed by atoms with Crippen molar-refractivity contribution in [3.63, 3.8) is 0 Å². The van der Waals surface area contributed by atoms with E-state index >= 15 is 0 Å². The molecule has 96 valence electrons. The number of pyridine rings is 1. The minimum absolute atomic E-state index is 0.0387. The number of aromatic amines is 1. The van der Waals surface area contributed by atoms with Crippen LogP contribution in [-0.2, 0) is 0 Å². The molecule has 0 saturated carbocycles. The average molecular weight is 245 g/mol. The molecule has 0 bridgehead atoms. The van der Waals surface area contributed by atoms with Gasteiger partial charge in [0.15, 0.2) is 0 Å². The Balaban J connectivity index is 2.08. The summed E-state index contributed by atoms with van der Waals surface area (Å²) in [7, 11) is 4.11. The molecule has 4 heteroatoms. The van der Waals surface area contributed by atoms with Crippen molar-refractivity contribution in [1.82, 2.24) is 9.88 Å². The van der Waals surface area contributed by atoms with Gasteiger partial charge in [0.25, 0.3) is 5.56 Å². The third kappa shape index (κ3) is 3.11. The van der Waals surface area contributed by atoms with Gasteiger partial charge in [0.2, 0.25) is 0 Å². The predicted molar refractivity (Wildman–Crippen MR) is 76.2 cm³/mol. The van der Waals surface area contributed by atoms with Crippen molar-refractivity contribution in [2.24, 2.45) is 0 Å². The summed E-state index contributed by atoms with van der Waals surface area (Å²) in [6.45, 7) is 1.89. The summed E-state index contributed by atoms with van der Waals surface area (Å²) in [4.78, 5) is 16.8. The molecule has 0 aliphatic rings. The normalized spacial score (nSPS) is 11.1. The minimum atomic E-state index is -0.0387. The van der Waals surface area contributed by atoms with Crippen LogP contribution in [0.2, 0.25) is 0 Å². The van der Waals surface area contributed by atoms with Crippen LogP contribution in [-0.4, -0.2) is 37.1 Å². The summed E-state index contributed by atoms with van der Waals surface area (Å²) in [5, 5.41) is 4.95. The van der Waals surface area contributed by atoms with E-state index in [0.29, 0.717) is 0 Å². The van der Waals surface area contributed by atoms with Gasteiger partial charge in [-0.15, -0.1) is 0 Å². The first-order valence-corrected chi connectivity index (χ1v) is 6.17. The highest BCUT2D eigenvalue weighted by molar-refractivity contribution is 5.83. The van der Waals surface area contributed by atoms with Crippen LogP contribution in [0.25, 0.3) is 10.8 Å². The fourth-order valence-electron chi connectivity index (χ4n) is 1.92. The molecule has 1 heterocycles. The zero-order chi connectivity index (χ0) is 13.0. The van der Waals surface area contributed by atoms with Crippen molar-refractivity contribution in [3.8, 4) is 0 Å². The van der Waals surface area contributed by atoms with Gasteiger partial charge in [-0.25, -0.2) is 0 Å². The molecule has 0 atom stereocenters. The van der Waals surface area contributed by atoms with Crippen molar-refractivity contribution >= 4 is 16.6 Å². The number of anilines is 1. The molecule has 0 fully saturated rings. The Bertz CT molecular complexity index is 575. The molecule has 2 aromatic rings. The predicted octanol–water partition coefficient (Wildman–Crippen LogP) is 1.89. The second kappa shape index (κ2) is 5.69. The second-order valence-corrected chi connectivity index (χ2v) is 4.68. The number of fused-ring (bicyclic) bond motifs is 1. The fourth-order valence-corrected chi connectivity index (χ4v) is 1.92. The smallest absolute Gasteiger partial charge is 0.257 e. The molecule has 0 radical (unpaired) electrons. The average Bonchev–Trinajstić information content (AvgIpc) is 2.35. The van der Waals surface area contributed by atoms with Crippen molar-refractivity contribution < 1.29 is 0 Å². The van der Waals surface area contributed by atoms with E-state index in [0.717, 1.165) is 36.1 Å². The van der Waals surface area contributed by atoms with E-state index < -0.39 is 0 Å². The minimum Gasteiger partial charge on any atom is -0.371 e. The van der Waals surface area contributed by atoms with Gasteiger partial charge in [0.05, 0.1) is 0 Å². The first kappa shape index (κ1) is 12.6. The topological polar surface area (TPSA) is 48.1 Å². The largest absolute Gasteiger partial charge is 0.371 e. The number of aromatic nitrogens is 1. The lowest BCUT2D eigenvalue weighted by Crippen LogP contribution is -2.17. The van der Waals surface area contributed by atoms with E-state index in [9.17, 15) is 4.79 Å². The number of nitrogens with one attached hydrogen (secondary N) is 2. The van der Waals surface area contributed by atoms with Gasteiger partial charge < -0.3 is 15.2 Å². The van der Waals surface area contributed by atoms with Crippen LogP contribution >= 0.6 is 0 Å². The molecule has 0 aliphatic heterocycles. The van der Waals surface area contributed by atoms with E-state index in [4.69, 9.17) is 0 Å². The summed E-state index contributed by atoms with van der Waals surface area (Å²) in [5.74, 6) is 0.789. The Morgan fingerprint density at radius 2 is 2.06 bits per heavy atom. The van der Waals surface area contributed by atoms with E-state index in [1.54, 1.807) is 0 Å². The summed E-state index contributed by atoms with van der Waals surface area (Å²) in [5.41, 5.74) is -0.0387. The molecular formula is C14H19N3O. The van der Waals surface area contributed by atoms with Crippen molar-refractivity contribution in [2.45, 2.75) is 6.42 Å². The second-order valence-electron chi connectivity index (χ2n) is 4.68. The van der Waals surface area contributed by atoms with Gasteiger partial charge in [-0.05, 0) is 44.6 Å². The van der Waals surface area contributed by atoms with Crippen LogP contribution in [0.1, 0.15) is 6.42 Å². The van der Waals surface area contributed by atoms with E-state index in [-0.39, 0.29) is 5.56 Å². The van der Waals surface area contributed by atoms with Gasteiger partial charge in [-0.2, -0.15) is 0 Å². The molecule has 0 amide bonds. The summed E-state index contributed by atoms with van der Waals surface area (Å²) in [6.07, 6.45) is 1.04. The maximum absolute atomic E-state index is 11.8. The van der Waals surface area contributed by atoms with Crippen LogP contribution in [0.3, 0.4) is 0 Å². The summed E-state index contributed by atoms with van der Waals surface area (Å²) in [6, 6.07) is 9.59. The summed E-state index contributed by atoms with van der Waals surface area (Å²) >= 11 is 0. The Kier molecular flexibility index (Phi) is 3.99. The van der Waals surface area contributed by atoms with Crippen molar-refractivity contribution in [1.29, 1.82) is 0 Å². The number of H-pyrrole nitrogens is 1. The van der Waals surface area contributed by atoms with Gasteiger partial charge in [0, 0.05) is 11.9 Å². The maximum atomic E-state index is 11.8. The first-order valence-electron chi connectivity index (χ1n) is 6.17. The Morgan fingerprint density at radius 3 is 2.83 bits per heavy atom. The Hall–Kier alpha value is -1.81. The highest BCUT2D eigenvalue weighted by Gasteiger charge is 2.00. The van der Waals surface area contributed by atoms with Gasteiger partial charge in [0.1, 0.15) is 5.82 Å². The van der Waals surface area contributed by atoms with Crippen molar-refractivity contribution in [2.75, 3.05) is 32.5 Å². The number of hydrogen-bond acceptors (Lipinski definition) is 3. The molecule has 2 rings (SSSR count). The first-order chi connectivity index (χ1) is 8.66. The molecule has 2 N–H and O–H groups in total. The molecule has 0 unspecified atom stereocenters.